The second-order valence-corrected chi connectivity index (χ2v) is 0.656. The maximum Gasteiger partial charge on any atom is 0.757 e. The van der Waals surface area contributed by atoms with E-state index < -0.39 is 0 Å². The van der Waals surface area contributed by atoms with Crippen LogP contribution in [0.4, 0.5) is 0 Å². The quantitative estimate of drug-likeness (QED) is 0.306. The van der Waals surface area contributed by atoms with Crippen LogP contribution in [0.1, 0.15) is 0 Å². The molecule has 1 aliphatic rings. The van der Waals surface area contributed by atoms with Crippen LogP contribution in [-0.4, -0.2) is 18.4 Å². The SMILES string of the molecule is C1=[N+]=CC=[N+]=1. The highest BCUT2D eigenvalue weighted by molar-refractivity contribution is 6.17. The summed E-state index contributed by atoms with van der Waals surface area (Å²) in [6.45, 7) is 0. The Morgan fingerprint density at radius 3 is 2.00 bits per heavy atom. The zero-order chi connectivity index (χ0) is 3.54. The van der Waals surface area contributed by atoms with Crippen molar-refractivity contribution in [2.24, 2.45) is 0 Å². The van der Waals surface area contributed by atoms with Crippen LogP contribution in [0, 0.1) is 0 Å². The third-order valence-corrected chi connectivity index (χ3v) is 0.331. The lowest BCUT2D eigenvalue weighted by Gasteiger charge is -1.05. The molecule has 0 spiro atoms. The second kappa shape index (κ2) is 0.713. The Hall–Kier alpha value is -1.06. The van der Waals surface area contributed by atoms with Crippen LogP contribution in [-0.2, 0) is 0 Å². The Kier molecular flexibility index (Phi) is 0.313. The van der Waals surface area contributed by atoms with Gasteiger partial charge in [-0.1, -0.05) is 0 Å². The normalized spacial score (nSPS) is 11.2. The van der Waals surface area contributed by atoms with Crippen molar-refractivity contribution in [1.29, 1.82) is 0 Å². The maximum absolute atomic E-state index is 3.49. The Labute approximate surface area is 28.9 Å². The summed E-state index contributed by atoms with van der Waals surface area (Å²) in [6.07, 6.45) is 3.17. The topological polar surface area (TPSA) is 28.2 Å². The minimum atomic E-state index is 1.58. The Balaban J connectivity index is 3.50. The Bertz CT molecular complexity index is 134. The number of hydrogen-bond acceptors (Lipinski definition) is 0. The van der Waals surface area contributed by atoms with E-state index in [1.807, 2.05) is 0 Å². The first-order valence-electron chi connectivity index (χ1n) is 1.30. The Morgan fingerprint density at radius 1 is 1.20 bits per heavy atom. The van der Waals surface area contributed by atoms with E-state index in [-0.39, 0.29) is 0 Å². The molecule has 2 heteroatoms. The molecule has 0 radical (unpaired) electrons. The van der Waals surface area contributed by atoms with Crippen LogP contribution in [0.2, 0.25) is 0 Å². The van der Waals surface area contributed by atoms with Gasteiger partial charge in [-0.2, -0.15) is 0 Å². The minimum Gasteiger partial charge on any atom is 0.0541 e. The van der Waals surface area contributed by atoms with Crippen LogP contribution in [0.3, 0.4) is 0 Å². The lowest BCUT2D eigenvalue weighted by molar-refractivity contribution is 1.71. The minimum absolute atomic E-state index is 1.58. The predicted molar refractivity (Wildman–Crippen MR) is 21.4 cm³/mol. The fourth-order valence-corrected chi connectivity index (χ4v) is 0.167. The summed E-state index contributed by atoms with van der Waals surface area (Å²) in [5.41, 5.74) is 0. The average Bonchev–Trinajstić information content (AvgIpc) is 1.76. The maximum atomic E-state index is 3.49. The van der Waals surface area contributed by atoms with Crippen molar-refractivity contribution >= 4 is 18.4 Å². The van der Waals surface area contributed by atoms with Crippen molar-refractivity contribution in [3.8, 4) is 0 Å². The zero-order valence-corrected chi connectivity index (χ0v) is 2.55. The largest absolute Gasteiger partial charge is 0.757 e. The molecule has 0 amide bonds. The fourth-order valence-electron chi connectivity index (χ4n) is 0.167. The van der Waals surface area contributed by atoms with Gasteiger partial charge in [0, 0.05) is 0 Å². The van der Waals surface area contributed by atoms with Crippen molar-refractivity contribution < 1.29 is 0 Å². The molecule has 0 aromatic carbocycles. The average molecular weight is 66.1 g/mol. The summed E-state index contributed by atoms with van der Waals surface area (Å²) in [5.74, 6) is 0. The van der Waals surface area contributed by atoms with E-state index in [1.165, 1.54) is 0 Å². The molecule has 0 aromatic rings. The first kappa shape index (κ1) is 2.19. The molecule has 0 saturated carbocycles. The summed E-state index contributed by atoms with van der Waals surface area (Å²) in [5, 5.41) is 0. The molecule has 0 aliphatic carbocycles. The van der Waals surface area contributed by atoms with Crippen LogP contribution in [0.15, 0.2) is 0 Å². The zero-order valence-electron chi connectivity index (χ0n) is 2.55. The van der Waals surface area contributed by atoms with E-state index in [9.17, 15) is 0 Å². The van der Waals surface area contributed by atoms with Gasteiger partial charge in [0.25, 0.3) is 0 Å². The van der Waals surface area contributed by atoms with Gasteiger partial charge in [-0.15, -0.1) is 0 Å². The number of rotatable bonds is 0. The molecule has 1 heterocycles. The van der Waals surface area contributed by atoms with Gasteiger partial charge < -0.3 is 0 Å². The predicted octanol–water partition coefficient (Wildman–Crippen LogP) is -1.55. The van der Waals surface area contributed by atoms with E-state index in [0.717, 1.165) is 0 Å². The van der Waals surface area contributed by atoms with E-state index in [4.69, 9.17) is 0 Å². The van der Waals surface area contributed by atoms with Gasteiger partial charge in [0.1, 0.15) is 0 Å². The van der Waals surface area contributed by atoms with Crippen LogP contribution < -0.4 is 9.34 Å². The number of hydrogen-bond donors (Lipinski definition) is 0. The lowest BCUT2D eigenvalue weighted by atomic mass is 10.9. The third kappa shape index (κ3) is 0.167. The molecule has 0 atom stereocenters. The van der Waals surface area contributed by atoms with Gasteiger partial charge in [0.15, 0.2) is 0 Å². The van der Waals surface area contributed by atoms with Crippen molar-refractivity contribution in [1.82, 2.24) is 9.34 Å². The second-order valence-electron chi connectivity index (χ2n) is 0.656. The molecule has 0 N–H and O–H groups in total. The van der Waals surface area contributed by atoms with Gasteiger partial charge in [0.05, 0.1) is 9.34 Å². The van der Waals surface area contributed by atoms with Crippen LogP contribution in [0.25, 0.3) is 0 Å². The highest BCUT2D eigenvalue weighted by Crippen LogP contribution is 1.21. The van der Waals surface area contributed by atoms with Gasteiger partial charge in [0.2, 0.25) is 0 Å². The molecule has 1 aliphatic heterocycles. The standard InChI is InChI=1S/C3H2N2/c1-2-5-3-4-1/h1-2H/q+2. The summed E-state index contributed by atoms with van der Waals surface area (Å²) >= 11 is 0. The van der Waals surface area contributed by atoms with Crippen molar-refractivity contribution in [3.63, 3.8) is 0 Å². The smallest absolute Gasteiger partial charge is 0.0541 e. The molecule has 22 valence electrons. The molecule has 0 saturated heterocycles. The molecule has 0 fully saturated rings. The van der Waals surface area contributed by atoms with Crippen molar-refractivity contribution in [3.05, 3.63) is 0 Å². The molecular formula is C3H2N2+2. The highest BCUT2D eigenvalue weighted by atomic mass is 14.7. The van der Waals surface area contributed by atoms with Crippen LogP contribution >= 0.6 is 0 Å². The van der Waals surface area contributed by atoms with Gasteiger partial charge >= 0.3 is 18.4 Å². The summed E-state index contributed by atoms with van der Waals surface area (Å²) < 4.78 is 6.97. The highest BCUT2D eigenvalue weighted by Gasteiger charge is 1.91. The van der Waals surface area contributed by atoms with E-state index in [0.29, 0.717) is 0 Å². The fraction of sp³-hybridized carbons (Fsp3) is 0. The Morgan fingerprint density at radius 2 is 1.80 bits per heavy atom. The lowest BCUT2D eigenvalue weighted by Crippen LogP contribution is -1.69. The van der Waals surface area contributed by atoms with E-state index in [1.54, 1.807) is 12.4 Å². The summed E-state index contributed by atoms with van der Waals surface area (Å²) in [4.78, 5) is 0. The summed E-state index contributed by atoms with van der Waals surface area (Å²) in [7, 11) is 0. The third-order valence-electron chi connectivity index (χ3n) is 0.331. The van der Waals surface area contributed by atoms with Crippen molar-refractivity contribution in [2.75, 3.05) is 0 Å². The van der Waals surface area contributed by atoms with Crippen molar-refractivity contribution in [2.45, 2.75) is 0 Å². The molecule has 1 rings (SSSR count). The van der Waals surface area contributed by atoms with Gasteiger partial charge in [-0.25, -0.2) is 0 Å². The van der Waals surface area contributed by atoms with Crippen LogP contribution in [0.5, 0.6) is 0 Å². The number of nitrogens with zero attached hydrogens (tertiary/aromatic N) is 2. The van der Waals surface area contributed by atoms with Gasteiger partial charge in [-0.05, 0) is 0 Å². The first-order chi connectivity index (χ1) is 2.50. The molecule has 0 bridgehead atoms. The molecule has 0 unspecified atom stereocenters. The van der Waals surface area contributed by atoms with E-state index in [2.05, 4.69) is 15.3 Å². The molecular weight excluding hydrogens is 64.0 g/mol. The summed E-state index contributed by atoms with van der Waals surface area (Å²) in [6, 6.07) is 2.36. The van der Waals surface area contributed by atoms with Gasteiger partial charge in [-0.3, -0.25) is 0 Å². The first-order valence-corrected chi connectivity index (χ1v) is 1.30. The molecule has 0 aromatic heterocycles. The van der Waals surface area contributed by atoms with E-state index >= 15 is 0 Å². The molecule has 2 nitrogen and oxygen atoms in total. The monoisotopic (exact) mass is 66.0 g/mol. The molecule has 5 heavy (non-hydrogen) atoms.